The number of carbonyl (C=O) groups is 2. The van der Waals surface area contributed by atoms with Crippen molar-refractivity contribution in [2.24, 2.45) is 5.92 Å². The minimum Gasteiger partial charge on any atom is -0.479 e. The number of nitriles is 1. The number of cyclic esters (lactones) is 1. The Labute approximate surface area is 151 Å². The van der Waals surface area contributed by atoms with E-state index in [1.54, 1.807) is 24.3 Å². The number of hydrogen-bond acceptors (Lipinski definition) is 6. The lowest BCUT2D eigenvalue weighted by atomic mass is 9.92. The van der Waals surface area contributed by atoms with Crippen LogP contribution in [0.1, 0.15) is 18.4 Å². The Bertz CT molecular complexity index is 715. The molecular formula is C18H21N3O5. The van der Waals surface area contributed by atoms with Crippen molar-refractivity contribution in [3.05, 3.63) is 29.8 Å². The van der Waals surface area contributed by atoms with Gasteiger partial charge in [0.15, 0.2) is 6.10 Å². The van der Waals surface area contributed by atoms with Crippen LogP contribution in [-0.4, -0.2) is 65.6 Å². The van der Waals surface area contributed by atoms with Crippen LogP contribution in [0.3, 0.4) is 0 Å². The molecule has 26 heavy (non-hydrogen) atoms. The second-order valence-electron chi connectivity index (χ2n) is 6.72. The molecule has 3 atom stereocenters. The molecule has 3 unspecified atom stereocenters. The molecule has 2 heterocycles. The molecule has 1 aromatic carbocycles. The first-order chi connectivity index (χ1) is 12.5. The van der Waals surface area contributed by atoms with Gasteiger partial charge in [-0.1, -0.05) is 0 Å². The molecule has 0 bridgehead atoms. The molecule has 8 nitrogen and oxygen atoms in total. The molecule has 0 aliphatic carbocycles. The van der Waals surface area contributed by atoms with Crippen LogP contribution in [0.4, 0.5) is 10.5 Å². The maximum absolute atomic E-state index is 12.1. The predicted octanol–water partition coefficient (Wildman–Crippen LogP) is 1.04. The number of amides is 1. The van der Waals surface area contributed by atoms with Gasteiger partial charge in [-0.3, -0.25) is 9.80 Å². The number of anilines is 1. The molecule has 1 aromatic rings. The smallest absolute Gasteiger partial charge is 0.414 e. The van der Waals surface area contributed by atoms with E-state index in [4.69, 9.17) is 15.1 Å². The number of benzene rings is 1. The maximum Gasteiger partial charge on any atom is 0.414 e. The highest BCUT2D eigenvalue weighted by molar-refractivity contribution is 5.89. The van der Waals surface area contributed by atoms with Gasteiger partial charge in [0.25, 0.3) is 0 Å². The summed E-state index contributed by atoms with van der Waals surface area (Å²) in [5.74, 6) is -1.51. The number of carboxylic acid groups (broad SMARTS) is 1. The fraction of sp³-hybridized carbons (Fsp3) is 0.500. The molecule has 0 aromatic heterocycles. The number of ether oxygens (including phenoxy) is 1. The third-order valence-corrected chi connectivity index (χ3v) is 4.89. The molecule has 8 heteroatoms. The Morgan fingerprint density at radius 1 is 1.35 bits per heavy atom. The maximum atomic E-state index is 12.1. The van der Waals surface area contributed by atoms with E-state index in [1.165, 1.54) is 4.90 Å². The fourth-order valence-electron chi connectivity index (χ4n) is 3.55. The van der Waals surface area contributed by atoms with E-state index in [9.17, 15) is 14.7 Å². The average molecular weight is 359 g/mol. The monoisotopic (exact) mass is 359 g/mol. The molecular weight excluding hydrogens is 338 g/mol. The number of piperidine rings is 1. The Morgan fingerprint density at radius 2 is 2.08 bits per heavy atom. The zero-order valence-electron chi connectivity index (χ0n) is 14.2. The molecule has 0 spiro atoms. The first kappa shape index (κ1) is 18.2. The highest BCUT2D eigenvalue weighted by Gasteiger charge is 2.36. The topological polar surface area (TPSA) is 114 Å². The summed E-state index contributed by atoms with van der Waals surface area (Å²) in [5.41, 5.74) is 1.20. The summed E-state index contributed by atoms with van der Waals surface area (Å²) >= 11 is 0. The van der Waals surface area contributed by atoms with Gasteiger partial charge >= 0.3 is 12.1 Å². The number of aliphatic hydroxyl groups excluding tert-OH is 1. The van der Waals surface area contributed by atoms with Crippen LogP contribution in [0.2, 0.25) is 0 Å². The predicted molar refractivity (Wildman–Crippen MR) is 91.6 cm³/mol. The molecule has 2 aliphatic heterocycles. The number of hydrogen-bond donors (Lipinski definition) is 2. The largest absolute Gasteiger partial charge is 0.479 e. The van der Waals surface area contributed by atoms with E-state index in [-0.39, 0.29) is 12.0 Å². The summed E-state index contributed by atoms with van der Waals surface area (Å²) in [5, 5.41) is 27.6. The lowest BCUT2D eigenvalue weighted by Gasteiger charge is -2.34. The van der Waals surface area contributed by atoms with Gasteiger partial charge in [-0.2, -0.15) is 5.26 Å². The summed E-state index contributed by atoms with van der Waals surface area (Å²) in [6, 6.07) is 8.76. The molecule has 3 rings (SSSR count). The number of carboxylic acids is 1. The van der Waals surface area contributed by atoms with Crippen molar-refractivity contribution >= 4 is 17.7 Å². The molecule has 2 saturated heterocycles. The Kier molecular flexibility index (Phi) is 5.40. The van der Waals surface area contributed by atoms with Crippen LogP contribution in [0.25, 0.3) is 0 Å². The lowest BCUT2D eigenvalue weighted by molar-refractivity contribution is -0.150. The molecule has 2 fully saturated rings. The van der Waals surface area contributed by atoms with Crippen LogP contribution in [-0.2, 0) is 9.53 Å². The minimum atomic E-state index is -1.36. The van der Waals surface area contributed by atoms with E-state index < -0.39 is 18.2 Å². The molecule has 0 saturated carbocycles. The van der Waals surface area contributed by atoms with Crippen molar-refractivity contribution < 1.29 is 24.5 Å². The quantitative estimate of drug-likeness (QED) is 0.807. The molecule has 0 radical (unpaired) electrons. The summed E-state index contributed by atoms with van der Waals surface area (Å²) < 4.78 is 5.43. The molecule has 1 amide bonds. The number of aliphatic hydroxyl groups is 1. The summed E-state index contributed by atoms with van der Waals surface area (Å²) in [4.78, 5) is 26.7. The van der Waals surface area contributed by atoms with Gasteiger partial charge in [0, 0.05) is 24.7 Å². The van der Waals surface area contributed by atoms with Gasteiger partial charge in [0.2, 0.25) is 0 Å². The lowest BCUT2D eigenvalue weighted by Crippen LogP contribution is -2.46. The Morgan fingerprint density at radius 3 is 2.73 bits per heavy atom. The van der Waals surface area contributed by atoms with Crippen molar-refractivity contribution in [1.82, 2.24) is 4.90 Å². The first-order valence-electron chi connectivity index (χ1n) is 8.59. The number of nitrogens with zero attached hydrogens (tertiary/aromatic N) is 3. The van der Waals surface area contributed by atoms with Crippen LogP contribution < -0.4 is 4.90 Å². The first-order valence-corrected chi connectivity index (χ1v) is 8.59. The van der Waals surface area contributed by atoms with Gasteiger partial charge < -0.3 is 14.9 Å². The van der Waals surface area contributed by atoms with Crippen LogP contribution in [0, 0.1) is 17.2 Å². The average Bonchev–Trinajstić information content (AvgIpc) is 3.01. The number of aliphatic carboxylic acids is 1. The zero-order chi connectivity index (χ0) is 18.7. The standard InChI is InChI=1S/C18H21N3O5/c19-8-12-3-5-14(6-4-12)21-11-15(26-18(21)25)10-20-7-1-2-13(9-20)16(22)17(23)24/h3-6,13,15-16,22H,1-2,7,9-11H2,(H,23,24). The number of carbonyl (C=O) groups excluding carboxylic acids is 1. The van der Waals surface area contributed by atoms with Gasteiger partial charge in [-0.25, -0.2) is 9.59 Å². The summed E-state index contributed by atoms with van der Waals surface area (Å²) in [6.07, 6.45) is -0.641. The van der Waals surface area contributed by atoms with Gasteiger partial charge in [-0.15, -0.1) is 0 Å². The van der Waals surface area contributed by atoms with Crippen molar-refractivity contribution in [3.63, 3.8) is 0 Å². The zero-order valence-corrected chi connectivity index (χ0v) is 14.2. The van der Waals surface area contributed by atoms with Crippen molar-refractivity contribution in [2.45, 2.75) is 25.0 Å². The van der Waals surface area contributed by atoms with Crippen LogP contribution in [0.15, 0.2) is 24.3 Å². The highest BCUT2D eigenvalue weighted by atomic mass is 16.6. The third kappa shape index (κ3) is 3.95. The van der Waals surface area contributed by atoms with E-state index >= 15 is 0 Å². The van der Waals surface area contributed by atoms with Crippen molar-refractivity contribution in [3.8, 4) is 6.07 Å². The summed E-state index contributed by atoms with van der Waals surface area (Å²) in [7, 11) is 0. The van der Waals surface area contributed by atoms with Gasteiger partial charge in [0.1, 0.15) is 6.10 Å². The Balaban J connectivity index is 1.58. The fourth-order valence-corrected chi connectivity index (χ4v) is 3.55. The van der Waals surface area contributed by atoms with Crippen molar-refractivity contribution in [2.75, 3.05) is 31.1 Å². The molecule has 2 N–H and O–H groups in total. The second kappa shape index (κ2) is 7.72. The molecule has 138 valence electrons. The van der Waals surface area contributed by atoms with Gasteiger partial charge in [0.05, 0.1) is 18.2 Å². The van der Waals surface area contributed by atoms with E-state index in [0.717, 1.165) is 13.0 Å². The summed E-state index contributed by atoms with van der Waals surface area (Å²) in [6.45, 7) is 2.15. The van der Waals surface area contributed by atoms with E-state index in [2.05, 4.69) is 0 Å². The third-order valence-electron chi connectivity index (χ3n) is 4.89. The van der Waals surface area contributed by atoms with Crippen molar-refractivity contribution in [1.29, 1.82) is 5.26 Å². The normalized spacial score (nSPS) is 24.8. The minimum absolute atomic E-state index is 0.312. The van der Waals surface area contributed by atoms with Crippen LogP contribution in [0.5, 0.6) is 0 Å². The number of likely N-dealkylation sites (tertiary alicyclic amines) is 1. The highest BCUT2D eigenvalue weighted by Crippen LogP contribution is 2.25. The second-order valence-corrected chi connectivity index (χ2v) is 6.72. The van der Waals surface area contributed by atoms with E-state index in [0.29, 0.717) is 37.3 Å². The van der Waals surface area contributed by atoms with Gasteiger partial charge in [-0.05, 0) is 43.7 Å². The number of rotatable bonds is 5. The molecule has 2 aliphatic rings. The van der Waals surface area contributed by atoms with Crippen LogP contribution >= 0.6 is 0 Å². The van der Waals surface area contributed by atoms with E-state index in [1.807, 2.05) is 11.0 Å². The SMILES string of the molecule is N#Cc1ccc(N2CC(CN3CCCC(C(O)C(=O)O)C3)OC2=O)cc1. The Hall–Kier alpha value is -2.63.